The number of carbonyl (C=O) groups excluding carboxylic acids is 1. The quantitative estimate of drug-likeness (QED) is 0.795. The molecule has 1 aliphatic carbocycles. The van der Waals surface area contributed by atoms with Crippen molar-refractivity contribution < 1.29 is 9.18 Å². The van der Waals surface area contributed by atoms with Crippen LogP contribution in [0.15, 0.2) is 34.8 Å². The average molecular weight is 369 g/mol. The first-order valence-corrected chi connectivity index (χ1v) is 7.79. The van der Waals surface area contributed by atoms with E-state index in [1.54, 1.807) is 0 Å². The molecule has 0 aliphatic heterocycles. The zero-order valence-corrected chi connectivity index (χ0v) is 13.4. The molecule has 1 amide bonds. The highest BCUT2D eigenvalue weighted by Crippen LogP contribution is 2.32. The molecule has 1 aliphatic rings. The molecule has 0 fully saturated rings. The highest BCUT2D eigenvalue weighted by atomic mass is 79.9. The largest absolute Gasteiger partial charge is 0.320 e. The smallest absolute Gasteiger partial charge is 0.255 e. The molecule has 2 aromatic carbocycles. The predicted octanol–water partition coefficient (Wildman–Crippen LogP) is 4.98. The second-order valence-electron chi connectivity index (χ2n) is 5.04. The maximum atomic E-state index is 13.2. The molecule has 2 nitrogen and oxygen atoms in total. The Hall–Kier alpha value is -1.39. The van der Waals surface area contributed by atoms with Gasteiger partial charge in [-0.25, -0.2) is 4.39 Å². The van der Waals surface area contributed by atoms with Crippen molar-refractivity contribution in [2.75, 3.05) is 5.32 Å². The van der Waals surface area contributed by atoms with E-state index in [0.29, 0.717) is 15.7 Å². The fourth-order valence-corrected chi connectivity index (χ4v) is 3.46. The van der Waals surface area contributed by atoms with E-state index >= 15 is 0 Å². The number of carbonyl (C=O) groups is 1. The lowest BCUT2D eigenvalue weighted by Crippen LogP contribution is -2.13. The van der Waals surface area contributed by atoms with Gasteiger partial charge in [-0.1, -0.05) is 17.7 Å². The standard InChI is InChI=1S/C16H12BrClFNO/c17-13-7-12(19)8-14(18)15(13)20-16(21)11-5-4-9-2-1-3-10(9)6-11/h4-8H,1-3H2,(H,20,21). The molecule has 0 radical (unpaired) electrons. The van der Waals surface area contributed by atoms with Gasteiger partial charge in [0.25, 0.3) is 5.91 Å². The minimum atomic E-state index is -0.456. The third-order valence-electron chi connectivity index (χ3n) is 3.61. The average Bonchev–Trinajstić information content (AvgIpc) is 2.89. The third-order valence-corrected chi connectivity index (χ3v) is 4.53. The molecule has 0 spiro atoms. The summed E-state index contributed by atoms with van der Waals surface area (Å²) in [5, 5.41) is 2.89. The van der Waals surface area contributed by atoms with Crippen molar-refractivity contribution in [2.45, 2.75) is 19.3 Å². The Morgan fingerprint density at radius 1 is 1.19 bits per heavy atom. The van der Waals surface area contributed by atoms with Crippen molar-refractivity contribution in [3.63, 3.8) is 0 Å². The summed E-state index contributed by atoms with van der Waals surface area (Å²) in [4.78, 5) is 12.3. The van der Waals surface area contributed by atoms with Crippen LogP contribution >= 0.6 is 27.5 Å². The lowest BCUT2D eigenvalue weighted by molar-refractivity contribution is 0.102. The Balaban J connectivity index is 1.87. The topological polar surface area (TPSA) is 29.1 Å². The van der Waals surface area contributed by atoms with E-state index in [4.69, 9.17) is 11.6 Å². The highest BCUT2D eigenvalue weighted by Gasteiger charge is 2.16. The number of halogens is 3. The molecule has 0 saturated heterocycles. The summed E-state index contributed by atoms with van der Waals surface area (Å²) in [6.07, 6.45) is 3.22. The summed E-state index contributed by atoms with van der Waals surface area (Å²) in [6.45, 7) is 0. The molecule has 2 aromatic rings. The Morgan fingerprint density at radius 2 is 1.95 bits per heavy atom. The van der Waals surface area contributed by atoms with Crippen LogP contribution in [0.25, 0.3) is 0 Å². The SMILES string of the molecule is O=C(Nc1c(Cl)cc(F)cc1Br)c1ccc2c(c1)CCC2. The van der Waals surface area contributed by atoms with Crippen molar-refractivity contribution in [2.24, 2.45) is 0 Å². The predicted molar refractivity (Wildman–Crippen MR) is 85.5 cm³/mol. The van der Waals surface area contributed by atoms with E-state index in [1.807, 2.05) is 18.2 Å². The summed E-state index contributed by atoms with van der Waals surface area (Å²) in [5.74, 6) is -0.707. The molecule has 5 heteroatoms. The molecule has 21 heavy (non-hydrogen) atoms. The van der Waals surface area contributed by atoms with Gasteiger partial charge in [-0.15, -0.1) is 0 Å². The van der Waals surface area contributed by atoms with Crippen LogP contribution in [-0.2, 0) is 12.8 Å². The number of rotatable bonds is 2. The number of anilines is 1. The van der Waals surface area contributed by atoms with Gasteiger partial charge >= 0.3 is 0 Å². The number of aryl methyl sites for hydroxylation is 2. The Morgan fingerprint density at radius 3 is 2.71 bits per heavy atom. The van der Waals surface area contributed by atoms with Gasteiger partial charge in [-0.2, -0.15) is 0 Å². The number of hydrogen-bond donors (Lipinski definition) is 1. The fourth-order valence-electron chi connectivity index (χ4n) is 2.56. The minimum Gasteiger partial charge on any atom is -0.320 e. The molecule has 0 bridgehead atoms. The summed E-state index contributed by atoms with van der Waals surface area (Å²) >= 11 is 9.18. The van der Waals surface area contributed by atoms with Gasteiger partial charge in [0.05, 0.1) is 10.7 Å². The molecular weight excluding hydrogens is 357 g/mol. The summed E-state index contributed by atoms with van der Waals surface area (Å²) < 4.78 is 13.6. The van der Waals surface area contributed by atoms with Gasteiger partial charge < -0.3 is 5.32 Å². The molecule has 0 heterocycles. The molecule has 1 N–H and O–H groups in total. The van der Waals surface area contributed by atoms with Crippen LogP contribution in [0.5, 0.6) is 0 Å². The van der Waals surface area contributed by atoms with Crippen molar-refractivity contribution in [1.29, 1.82) is 0 Å². The number of nitrogens with one attached hydrogen (secondary N) is 1. The lowest BCUT2D eigenvalue weighted by atomic mass is 10.1. The first-order valence-electron chi connectivity index (χ1n) is 6.62. The van der Waals surface area contributed by atoms with Gasteiger partial charge in [-0.3, -0.25) is 4.79 Å². The first-order chi connectivity index (χ1) is 10.0. The van der Waals surface area contributed by atoms with Crippen molar-refractivity contribution in [1.82, 2.24) is 0 Å². The van der Waals surface area contributed by atoms with Crippen LogP contribution in [0.4, 0.5) is 10.1 Å². The zero-order chi connectivity index (χ0) is 15.0. The van der Waals surface area contributed by atoms with Gasteiger partial charge in [-0.05, 0) is 70.6 Å². The summed E-state index contributed by atoms with van der Waals surface area (Å²) in [5.41, 5.74) is 3.51. The van der Waals surface area contributed by atoms with Gasteiger partial charge in [0.2, 0.25) is 0 Å². The number of amides is 1. The van der Waals surface area contributed by atoms with E-state index in [0.717, 1.165) is 19.3 Å². The second kappa shape index (κ2) is 5.78. The van der Waals surface area contributed by atoms with E-state index in [2.05, 4.69) is 21.2 Å². The van der Waals surface area contributed by atoms with E-state index in [9.17, 15) is 9.18 Å². The van der Waals surface area contributed by atoms with E-state index in [1.165, 1.54) is 23.3 Å². The van der Waals surface area contributed by atoms with Crippen LogP contribution in [0, 0.1) is 5.82 Å². The lowest BCUT2D eigenvalue weighted by Gasteiger charge is -2.10. The Bertz CT molecular complexity index is 709. The van der Waals surface area contributed by atoms with Crippen molar-refractivity contribution >= 4 is 39.1 Å². The van der Waals surface area contributed by atoms with Crippen LogP contribution in [0.2, 0.25) is 5.02 Å². The molecule has 0 aromatic heterocycles. The zero-order valence-electron chi connectivity index (χ0n) is 11.1. The van der Waals surface area contributed by atoms with Crippen molar-refractivity contribution in [3.05, 3.63) is 62.3 Å². The van der Waals surface area contributed by atoms with Crippen LogP contribution in [-0.4, -0.2) is 5.91 Å². The second-order valence-corrected chi connectivity index (χ2v) is 6.30. The van der Waals surface area contributed by atoms with E-state index < -0.39 is 5.82 Å². The van der Waals surface area contributed by atoms with Gasteiger partial charge in [0, 0.05) is 10.0 Å². The van der Waals surface area contributed by atoms with Crippen molar-refractivity contribution in [3.8, 4) is 0 Å². The maximum absolute atomic E-state index is 13.2. The Labute approximate surface area is 135 Å². The third kappa shape index (κ3) is 2.97. The first kappa shape index (κ1) is 14.5. The normalized spacial score (nSPS) is 13.1. The van der Waals surface area contributed by atoms with E-state index in [-0.39, 0.29) is 10.9 Å². The number of benzene rings is 2. The molecule has 0 unspecified atom stereocenters. The molecular formula is C16H12BrClFNO. The minimum absolute atomic E-state index is 0.163. The molecule has 3 rings (SSSR count). The maximum Gasteiger partial charge on any atom is 0.255 e. The monoisotopic (exact) mass is 367 g/mol. The van der Waals surface area contributed by atoms with Gasteiger partial charge in [0.1, 0.15) is 5.82 Å². The highest BCUT2D eigenvalue weighted by molar-refractivity contribution is 9.10. The summed E-state index contributed by atoms with van der Waals surface area (Å²) in [7, 11) is 0. The van der Waals surface area contributed by atoms with Crippen LogP contribution in [0.1, 0.15) is 27.9 Å². The number of hydrogen-bond acceptors (Lipinski definition) is 1. The fraction of sp³-hybridized carbons (Fsp3) is 0.188. The molecule has 108 valence electrons. The van der Waals surface area contributed by atoms with Crippen LogP contribution < -0.4 is 5.32 Å². The van der Waals surface area contributed by atoms with Gasteiger partial charge in [0.15, 0.2) is 0 Å². The molecule has 0 atom stereocenters. The number of fused-ring (bicyclic) bond motifs is 1. The summed E-state index contributed by atoms with van der Waals surface area (Å²) in [6, 6.07) is 8.17. The Kier molecular flexibility index (Phi) is 4.00. The molecule has 0 saturated carbocycles. The van der Waals surface area contributed by atoms with Crippen LogP contribution in [0.3, 0.4) is 0 Å².